The summed E-state index contributed by atoms with van der Waals surface area (Å²) in [5.74, 6) is 0.677. The Balaban J connectivity index is 1.60. The number of rotatable bonds is 5. The van der Waals surface area contributed by atoms with Crippen molar-refractivity contribution in [3.05, 3.63) is 64.9 Å². The highest BCUT2D eigenvalue weighted by Gasteiger charge is 2.14. The molecule has 0 fully saturated rings. The molecule has 0 radical (unpaired) electrons. The lowest BCUT2D eigenvalue weighted by Gasteiger charge is -2.06. The van der Waals surface area contributed by atoms with Crippen LogP contribution in [0.3, 0.4) is 0 Å². The van der Waals surface area contributed by atoms with Crippen molar-refractivity contribution in [3.8, 4) is 0 Å². The number of carbonyl (C=O) groups is 1. The number of anilines is 2. The zero-order valence-corrected chi connectivity index (χ0v) is 14.7. The zero-order chi connectivity index (χ0) is 16.9. The van der Waals surface area contributed by atoms with Gasteiger partial charge in [0.05, 0.1) is 5.69 Å². The molecule has 122 valence electrons. The quantitative estimate of drug-likeness (QED) is 0.676. The maximum absolute atomic E-state index is 12.2. The third-order valence-corrected chi connectivity index (χ3v) is 5.33. The predicted octanol–water partition coefficient (Wildman–Crippen LogP) is 3.97. The molecule has 0 atom stereocenters. The Morgan fingerprint density at radius 2 is 2.08 bits per heavy atom. The van der Waals surface area contributed by atoms with E-state index in [1.54, 1.807) is 24.9 Å². The van der Waals surface area contributed by atoms with Crippen molar-refractivity contribution in [1.29, 1.82) is 0 Å². The highest BCUT2D eigenvalue weighted by Crippen LogP contribution is 2.25. The van der Waals surface area contributed by atoms with Crippen molar-refractivity contribution < 1.29 is 4.79 Å². The van der Waals surface area contributed by atoms with E-state index in [2.05, 4.69) is 21.4 Å². The number of benzene rings is 1. The number of nitrogens with one attached hydrogen (secondary N) is 1. The first-order chi connectivity index (χ1) is 11.6. The minimum atomic E-state index is -0.183. The largest absolute Gasteiger partial charge is 0.375 e. The fraction of sp³-hybridized carbons (Fsp3) is 0.118. The number of amides is 1. The minimum absolute atomic E-state index is 0.183. The number of pyridine rings is 1. The number of aromatic nitrogens is 2. The average Bonchev–Trinajstić information content (AvgIpc) is 2.94. The lowest BCUT2D eigenvalue weighted by atomic mass is 10.3. The van der Waals surface area contributed by atoms with Gasteiger partial charge in [-0.15, -0.1) is 11.8 Å². The molecule has 7 heteroatoms. The number of nitrogen functional groups attached to an aromatic ring is 1. The Labute approximate surface area is 148 Å². The van der Waals surface area contributed by atoms with Crippen LogP contribution in [0.15, 0.2) is 53.7 Å². The van der Waals surface area contributed by atoms with E-state index in [4.69, 9.17) is 5.73 Å². The summed E-state index contributed by atoms with van der Waals surface area (Å²) in [6.45, 7) is 1.78. The summed E-state index contributed by atoms with van der Waals surface area (Å²) in [6, 6.07) is 11.8. The van der Waals surface area contributed by atoms with Gasteiger partial charge in [-0.2, -0.15) is 0 Å². The predicted molar refractivity (Wildman–Crippen MR) is 99.5 cm³/mol. The van der Waals surface area contributed by atoms with Crippen LogP contribution in [0.4, 0.5) is 10.8 Å². The van der Waals surface area contributed by atoms with Crippen molar-refractivity contribution in [2.75, 3.05) is 11.1 Å². The zero-order valence-electron chi connectivity index (χ0n) is 13.0. The molecule has 1 amide bonds. The second kappa shape index (κ2) is 7.46. The van der Waals surface area contributed by atoms with Crippen LogP contribution in [0.1, 0.15) is 20.9 Å². The molecule has 0 unspecified atom stereocenters. The lowest BCUT2D eigenvalue weighted by molar-refractivity contribution is 0.103. The maximum Gasteiger partial charge on any atom is 0.267 e. The molecule has 2 aromatic heterocycles. The molecule has 0 spiro atoms. The van der Waals surface area contributed by atoms with Crippen molar-refractivity contribution in [2.24, 2.45) is 0 Å². The number of hydrogen-bond acceptors (Lipinski definition) is 6. The highest BCUT2D eigenvalue weighted by atomic mass is 32.2. The smallest absolute Gasteiger partial charge is 0.267 e. The molecular formula is C17H16N4OS2. The highest BCUT2D eigenvalue weighted by molar-refractivity contribution is 7.98. The summed E-state index contributed by atoms with van der Waals surface area (Å²) in [7, 11) is 0. The maximum atomic E-state index is 12.2. The molecule has 3 aromatic rings. The van der Waals surface area contributed by atoms with Crippen molar-refractivity contribution in [3.63, 3.8) is 0 Å². The van der Waals surface area contributed by atoms with Gasteiger partial charge in [-0.3, -0.25) is 9.78 Å². The monoisotopic (exact) mass is 356 g/mol. The van der Waals surface area contributed by atoms with Crippen LogP contribution in [-0.4, -0.2) is 15.9 Å². The van der Waals surface area contributed by atoms with Crippen molar-refractivity contribution in [1.82, 2.24) is 9.97 Å². The SMILES string of the molecule is Cc1nc(N)sc1C(=O)Nc1ccc(SCc2cccnc2)cc1. The number of aryl methyl sites for hydroxylation is 1. The third kappa shape index (κ3) is 4.12. The summed E-state index contributed by atoms with van der Waals surface area (Å²) in [4.78, 5) is 22.1. The van der Waals surface area contributed by atoms with Crippen LogP contribution in [0.25, 0.3) is 0 Å². The molecule has 0 bridgehead atoms. The molecule has 5 nitrogen and oxygen atoms in total. The second-order valence-electron chi connectivity index (χ2n) is 5.10. The van der Waals surface area contributed by atoms with E-state index < -0.39 is 0 Å². The van der Waals surface area contributed by atoms with E-state index in [1.807, 2.05) is 36.5 Å². The van der Waals surface area contributed by atoms with Gasteiger partial charge < -0.3 is 11.1 Å². The van der Waals surface area contributed by atoms with Crippen molar-refractivity contribution >= 4 is 39.8 Å². The number of nitrogens with zero attached hydrogens (tertiary/aromatic N) is 2. The Hall–Kier alpha value is -2.38. The average molecular weight is 356 g/mol. The minimum Gasteiger partial charge on any atom is -0.375 e. The number of thioether (sulfide) groups is 1. The number of carbonyl (C=O) groups excluding carboxylic acids is 1. The van der Waals surface area contributed by atoms with Crippen LogP contribution in [0.2, 0.25) is 0 Å². The Morgan fingerprint density at radius 1 is 1.29 bits per heavy atom. The summed E-state index contributed by atoms with van der Waals surface area (Å²) in [5.41, 5.74) is 8.21. The van der Waals surface area contributed by atoms with Crippen LogP contribution < -0.4 is 11.1 Å². The number of thiazole rings is 1. The van der Waals surface area contributed by atoms with Gasteiger partial charge in [0, 0.05) is 28.7 Å². The van der Waals surface area contributed by atoms with E-state index in [0.717, 1.165) is 16.3 Å². The van der Waals surface area contributed by atoms with E-state index in [0.29, 0.717) is 15.7 Å². The fourth-order valence-corrected chi connectivity index (χ4v) is 3.66. The third-order valence-electron chi connectivity index (χ3n) is 3.26. The molecule has 24 heavy (non-hydrogen) atoms. The molecule has 0 saturated carbocycles. The Morgan fingerprint density at radius 3 is 2.71 bits per heavy atom. The lowest BCUT2D eigenvalue weighted by Crippen LogP contribution is -2.11. The van der Waals surface area contributed by atoms with Gasteiger partial charge in [-0.1, -0.05) is 17.4 Å². The van der Waals surface area contributed by atoms with Gasteiger partial charge in [-0.05, 0) is 42.8 Å². The second-order valence-corrected chi connectivity index (χ2v) is 7.17. The molecule has 0 aliphatic heterocycles. The van der Waals surface area contributed by atoms with Gasteiger partial charge in [0.1, 0.15) is 4.88 Å². The molecule has 0 aliphatic carbocycles. The van der Waals surface area contributed by atoms with E-state index in [1.165, 1.54) is 16.9 Å². The van der Waals surface area contributed by atoms with E-state index >= 15 is 0 Å². The van der Waals surface area contributed by atoms with Crippen molar-refractivity contribution in [2.45, 2.75) is 17.6 Å². The summed E-state index contributed by atoms with van der Waals surface area (Å²) in [6.07, 6.45) is 3.63. The summed E-state index contributed by atoms with van der Waals surface area (Å²) >= 11 is 2.92. The fourth-order valence-electron chi connectivity index (χ4n) is 2.10. The van der Waals surface area contributed by atoms with Gasteiger partial charge in [0.15, 0.2) is 5.13 Å². The van der Waals surface area contributed by atoms with Gasteiger partial charge >= 0.3 is 0 Å². The molecule has 1 aromatic carbocycles. The topological polar surface area (TPSA) is 80.9 Å². The van der Waals surface area contributed by atoms with E-state index in [-0.39, 0.29) is 5.91 Å². The molecule has 2 heterocycles. The number of nitrogens with two attached hydrogens (primary N) is 1. The summed E-state index contributed by atoms with van der Waals surface area (Å²) in [5, 5.41) is 3.27. The molecule has 3 N–H and O–H groups in total. The summed E-state index contributed by atoms with van der Waals surface area (Å²) < 4.78 is 0. The Bertz CT molecular complexity index is 832. The van der Waals surface area contributed by atoms with Crippen LogP contribution in [-0.2, 0) is 5.75 Å². The van der Waals surface area contributed by atoms with Crippen LogP contribution >= 0.6 is 23.1 Å². The van der Waals surface area contributed by atoms with Gasteiger partial charge in [0.25, 0.3) is 5.91 Å². The molecular weight excluding hydrogens is 340 g/mol. The van der Waals surface area contributed by atoms with Crippen LogP contribution in [0.5, 0.6) is 0 Å². The van der Waals surface area contributed by atoms with Gasteiger partial charge in [0.2, 0.25) is 0 Å². The Kier molecular flexibility index (Phi) is 5.12. The van der Waals surface area contributed by atoms with E-state index in [9.17, 15) is 4.79 Å². The van der Waals surface area contributed by atoms with Crippen LogP contribution in [0, 0.1) is 6.92 Å². The standard InChI is InChI=1S/C17H16N4OS2/c1-11-15(24-17(18)20-11)16(22)21-13-4-6-14(7-5-13)23-10-12-3-2-8-19-9-12/h2-9H,10H2,1H3,(H2,18,20)(H,21,22). The molecule has 0 aliphatic rings. The first-order valence-corrected chi connectivity index (χ1v) is 9.08. The first-order valence-electron chi connectivity index (χ1n) is 7.28. The molecule has 0 saturated heterocycles. The normalized spacial score (nSPS) is 10.5. The first kappa shape index (κ1) is 16.5. The number of hydrogen-bond donors (Lipinski definition) is 2. The van der Waals surface area contributed by atoms with Gasteiger partial charge in [-0.25, -0.2) is 4.98 Å². The molecule has 3 rings (SSSR count).